The van der Waals surface area contributed by atoms with E-state index in [2.05, 4.69) is 4.98 Å². The summed E-state index contributed by atoms with van der Waals surface area (Å²) >= 11 is 0. The van der Waals surface area contributed by atoms with Gasteiger partial charge in [0.2, 0.25) is 10.0 Å². The van der Waals surface area contributed by atoms with Gasteiger partial charge in [0, 0.05) is 31.2 Å². The first-order valence-corrected chi connectivity index (χ1v) is 7.77. The first-order valence-electron chi connectivity index (χ1n) is 6.16. The van der Waals surface area contributed by atoms with Gasteiger partial charge in [0.1, 0.15) is 0 Å². The van der Waals surface area contributed by atoms with E-state index in [1.165, 1.54) is 4.31 Å². The number of nitrogens with zero attached hydrogens (tertiary/aromatic N) is 2. The molecule has 0 aromatic carbocycles. The number of hydrogen-bond acceptors (Lipinski definition) is 4. The van der Waals surface area contributed by atoms with Gasteiger partial charge in [0.25, 0.3) is 0 Å². The molecule has 1 unspecified atom stereocenters. The third kappa shape index (κ3) is 2.55. The predicted molar refractivity (Wildman–Crippen MR) is 70.4 cm³/mol. The highest BCUT2D eigenvalue weighted by Crippen LogP contribution is 2.21. The molecule has 0 fully saturated rings. The third-order valence-electron chi connectivity index (χ3n) is 3.26. The number of hydrogen-bond donors (Lipinski definition) is 1. The highest BCUT2D eigenvalue weighted by atomic mass is 32.2. The van der Waals surface area contributed by atoms with E-state index in [-0.39, 0.29) is 11.8 Å². The second-order valence-electron chi connectivity index (χ2n) is 4.61. The SMILES string of the molecule is CCS(=O)(=O)N1CCc2nc(C(C)N)ccc2C1. The summed E-state index contributed by atoms with van der Waals surface area (Å²) in [5.41, 5.74) is 8.63. The molecule has 0 amide bonds. The van der Waals surface area contributed by atoms with Crippen LogP contribution < -0.4 is 5.73 Å². The van der Waals surface area contributed by atoms with Crippen molar-refractivity contribution in [3.63, 3.8) is 0 Å². The third-order valence-corrected chi connectivity index (χ3v) is 5.09. The molecule has 2 heterocycles. The molecule has 0 saturated carbocycles. The monoisotopic (exact) mass is 269 g/mol. The lowest BCUT2D eigenvalue weighted by atomic mass is 10.1. The molecular weight excluding hydrogens is 250 g/mol. The van der Waals surface area contributed by atoms with Crippen molar-refractivity contribution in [2.24, 2.45) is 5.73 Å². The van der Waals surface area contributed by atoms with Crippen LogP contribution in [0.3, 0.4) is 0 Å². The summed E-state index contributed by atoms with van der Waals surface area (Å²) in [6, 6.07) is 3.73. The quantitative estimate of drug-likeness (QED) is 0.881. The van der Waals surface area contributed by atoms with E-state index in [4.69, 9.17) is 5.73 Å². The Balaban J connectivity index is 2.26. The molecule has 0 radical (unpaired) electrons. The van der Waals surface area contributed by atoms with Crippen molar-refractivity contribution in [1.29, 1.82) is 0 Å². The number of fused-ring (bicyclic) bond motifs is 1. The molecule has 2 N–H and O–H groups in total. The summed E-state index contributed by atoms with van der Waals surface area (Å²) in [6.07, 6.45) is 0.662. The van der Waals surface area contributed by atoms with Crippen molar-refractivity contribution in [2.75, 3.05) is 12.3 Å². The Labute approximate surface area is 108 Å². The van der Waals surface area contributed by atoms with E-state index in [0.717, 1.165) is 17.0 Å². The first-order chi connectivity index (χ1) is 8.44. The van der Waals surface area contributed by atoms with Crippen LogP contribution >= 0.6 is 0 Å². The summed E-state index contributed by atoms with van der Waals surface area (Å²) in [6.45, 7) is 4.50. The highest BCUT2D eigenvalue weighted by Gasteiger charge is 2.26. The molecule has 18 heavy (non-hydrogen) atoms. The van der Waals surface area contributed by atoms with Crippen molar-refractivity contribution in [1.82, 2.24) is 9.29 Å². The average molecular weight is 269 g/mol. The predicted octanol–water partition coefficient (Wildman–Crippen LogP) is 0.809. The molecule has 0 spiro atoms. The molecule has 0 saturated heterocycles. The second kappa shape index (κ2) is 4.95. The van der Waals surface area contributed by atoms with E-state index in [0.29, 0.717) is 19.5 Å². The molecule has 1 aliphatic heterocycles. The minimum Gasteiger partial charge on any atom is -0.323 e. The van der Waals surface area contributed by atoms with Crippen LogP contribution in [0.2, 0.25) is 0 Å². The van der Waals surface area contributed by atoms with Gasteiger partial charge < -0.3 is 5.73 Å². The smallest absolute Gasteiger partial charge is 0.214 e. The van der Waals surface area contributed by atoms with Crippen molar-refractivity contribution in [2.45, 2.75) is 32.9 Å². The molecule has 5 nitrogen and oxygen atoms in total. The van der Waals surface area contributed by atoms with Gasteiger partial charge >= 0.3 is 0 Å². The average Bonchev–Trinajstić information content (AvgIpc) is 2.37. The Morgan fingerprint density at radius 2 is 2.22 bits per heavy atom. The summed E-state index contributed by atoms with van der Waals surface area (Å²) < 4.78 is 25.2. The normalized spacial score (nSPS) is 18.4. The Morgan fingerprint density at radius 1 is 1.50 bits per heavy atom. The summed E-state index contributed by atoms with van der Waals surface area (Å²) in [5, 5.41) is 0. The van der Waals surface area contributed by atoms with Gasteiger partial charge in [-0.3, -0.25) is 4.98 Å². The molecule has 1 aromatic heterocycles. The molecule has 1 atom stereocenters. The van der Waals surface area contributed by atoms with Crippen molar-refractivity contribution < 1.29 is 8.42 Å². The van der Waals surface area contributed by atoms with E-state index in [9.17, 15) is 8.42 Å². The summed E-state index contributed by atoms with van der Waals surface area (Å²) in [5.74, 6) is 0.147. The fourth-order valence-corrected chi connectivity index (χ4v) is 3.15. The van der Waals surface area contributed by atoms with Crippen LogP contribution in [-0.2, 0) is 23.0 Å². The van der Waals surface area contributed by atoms with Crippen LogP contribution in [0.25, 0.3) is 0 Å². The minimum atomic E-state index is -3.11. The zero-order valence-electron chi connectivity index (χ0n) is 10.8. The zero-order chi connectivity index (χ0) is 13.3. The van der Waals surface area contributed by atoms with Crippen LogP contribution in [0.15, 0.2) is 12.1 Å². The standard InChI is InChI=1S/C12H19N3O2S/c1-3-18(16,17)15-7-6-12-10(8-15)4-5-11(14-12)9(2)13/h4-5,9H,3,6-8,13H2,1-2H3. The van der Waals surface area contributed by atoms with E-state index >= 15 is 0 Å². The minimum absolute atomic E-state index is 0.0901. The molecule has 1 aromatic rings. The van der Waals surface area contributed by atoms with Gasteiger partial charge in [-0.05, 0) is 25.5 Å². The number of pyridine rings is 1. The fourth-order valence-electron chi connectivity index (χ4n) is 2.08. The molecule has 0 aliphatic carbocycles. The van der Waals surface area contributed by atoms with Crippen LogP contribution in [0.1, 0.15) is 36.8 Å². The van der Waals surface area contributed by atoms with E-state index < -0.39 is 10.0 Å². The lowest BCUT2D eigenvalue weighted by Crippen LogP contribution is -2.37. The van der Waals surface area contributed by atoms with Gasteiger partial charge in [0.05, 0.1) is 11.4 Å². The topological polar surface area (TPSA) is 76.3 Å². The molecule has 2 rings (SSSR count). The zero-order valence-corrected chi connectivity index (χ0v) is 11.6. The van der Waals surface area contributed by atoms with Crippen LogP contribution in [-0.4, -0.2) is 30.0 Å². The van der Waals surface area contributed by atoms with Crippen molar-refractivity contribution >= 4 is 10.0 Å². The van der Waals surface area contributed by atoms with Crippen molar-refractivity contribution in [3.05, 3.63) is 29.1 Å². The Morgan fingerprint density at radius 3 is 2.83 bits per heavy atom. The Bertz CT molecular complexity index is 540. The van der Waals surface area contributed by atoms with E-state index in [1.807, 2.05) is 19.1 Å². The van der Waals surface area contributed by atoms with Gasteiger partial charge in [-0.15, -0.1) is 0 Å². The molecular formula is C12H19N3O2S. The van der Waals surface area contributed by atoms with Crippen LogP contribution in [0.4, 0.5) is 0 Å². The lowest BCUT2D eigenvalue weighted by Gasteiger charge is -2.27. The largest absolute Gasteiger partial charge is 0.323 e. The van der Waals surface area contributed by atoms with Gasteiger partial charge in [-0.2, -0.15) is 4.31 Å². The highest BCUT2D eigenvalue weighted by molar-refractivity contribution is 7.89. The maximum atomic E-state index is 11.8. The first kappa shape index (κ1) is 13.5. The molecule has 1 aliphatic rings. The Hall–Kier alpha value is -0.980. The van der Waals surface area contributed by atoms with Gasteiger partial charge in [0.15, 0.2) is 0 Å². The van der Waals surface area contributed by atoms with Crippen LogP contribution in [0, 0.1) is 0 Å². The number of rotatable bonds is 3. The van der Waals surface area contributed by atoms with Gasteiger partial charge in [-0.25, -0.2) is 8.42 Å². The lowest BCUT2D eigenvalue weighted by molar-refractivity contribution is 0.388. The Kier molecular flexibility index (Phi) is 3.70. The van der Waals surface area contributed by atoms with Crippen LogP contribution in [0.5, 0.6) is 0 Å². The fraction of sp³-hybridized carbons (Fsp3) is 0.583. The number of aromatic nitrogens is 1. The number of nitrogens with two attached hydrogens (primary N) is 1. The van der Waals surface area contributed by atoms with Crippen molar-refractivity contribution in [3.8, 4) is 0 Å². The molecule has 100 valence electrons. The summed E-state index contributed by atoms with van der Waals surface area (Å²) in [7, 11) is -3.11. The summed E-state index contributed by atoms with van der Waals surface area (Å²) in [4.78, 5) is 4.51. The number of sulfonamides is 1. The maximum absolute atomic E-state index is 11.8. The van der Waals surface area contributed by atoms with E-state index in [1.54, 1.807) is 6.92 Å². The molecule has 6 heteroatoms. The maximum Gasteiger partial charge on any atom is 0.214 e. The molecule has 0 bridgehead atoms. The second-order valence-corrected chi connectivity index (χ2v) is 6.87. The van der Waals surface area contributed by atoms with Gasteiger partial charge in [-0.1, -0.05) is 6.07 Å².